The minimum Gasteiger partial charge on any atom is -0.147 e. The van der Waals surface area contributed by atoms with Gasteiger partial charge < -0.3 is 0 Å². The first-order valence-corrected chi connectivity index (χ1v) is 24.9. The van der Waals surface area contributed by atoms with Crippen LogP contribution in [0.2, 0.25) is 0 Å². The molecule has 284 valence electrons. The molecule has 0 rings (SSSR count). The van der Waals surface area contributed by atoms with Crippen LogP contribution in [0.3, 0.4) is 0 Å². The second kappa shape index (κ2) is 50.8. The highest BCUT2D eigenvalue weighted by molar-refractivity contribution is 7.57. The Morgan fingerprint density at radius 2 is 0.326 bits per heavy atom. The number of unbranched alkanes of at least 4 members (excludes halogenated alkanes) is 24. The van der Waals surface area contributed by atoms with E-state index < -0.39 is 0 Å². The lowest BCUT2D eigenvalue weighted by Crippen LogP contribution is -1.97. The molecule has 0 spiro atoms. The molecule has 0 aliphatic heterocycles. The monoisotopic (exact) mass is 729 g/mol. The van der Waals surface area contributed by atoms with Crippen molar-refractivity contribution in [3.8, 4) is 0 Å². The van der Waals surface area contributed by atoms with E-state index in [2.05, 4.69) is 41.5 Å². The predicted octanol–water partition coefficient (Wildman–Crippen LogP) is 17.6. The Bertz CT molecular complexity index is 368. The van der Waals surface area contributed by atoms with Crippen LogP contribution < -0.4 is 0 Å². The molecule has 0 aromatic carbocycles. The Labute approximate surface area is 310 Å². The van der Waals surface area contributed by atoms with Crippen molar-refractivity contribution in [2.24, 2.45) is 0 Å². The van der Waals surface area contributed by atoms with Crippen LogP contribution in [0.25, 0.3) is 0 Å². The average molecular weight is 730 g/mol. The second-order valence-corrected chi connectivity index (χ2v) is 19.5. The molecular formula is C42H92Cl2P2. The minimum atomic E-state index is 0. The first-order valence-electron chi connectivity index (χ1n) is 21.1. The predicted molar refractivity (Wildman–Crippen MR) is 230 cm³/mol. The van der Waals surface area contributed by atoms with Crippen molar-refractivity contribution in [3.63, 3.8) is 0 Å². The van der Waals surface area contributed by atoms with Gasteiger partial charge in [-0.25, -0.2) is 0 Å². The maximum absolute atomic E-state index is 2.32. The minimum absolute atomic E-state index is 0. The fourth-order valence-corrected chi connectivity index (χ4v) is 11.7. The highest BCUT2D eigenvalue weighted by Crippen LogP contribution is 2.40. The van der Waals surface area contributed by atoms with Crippen LogP contribution in [0.1, 0.15) is 234 Å². The quantitative estimate of drug-likeness (QED) is 0.0445. The van der Waals surface area contributed by atoms with Crippen molar-refractivity contribution in [2.45, 2.75) is 234 Å². The van der Waals surface area contributed by atoms with Gasteiger partial charge in [0.2, 0.25) is 0 Å². The fourth-order valence-electron chi connectivity index (χ4n) is 6.30. The average Bonchev–Trinajstić information content (AvgIpc) is 3.03. The summed E-state index contributed by atoms with van der Waals surface area (Å²) in [7, 11) is 0.753. The zero-order valence-electron chi connectivity index (χ0n) is 33.2. The van der Waals surface area contributed by atoms with Gasteiger partial charge in [-0.3, -0.25) is 0 Å². The highest BCUT2D eigenvalue weighted by atomic mass is 35.5. The standard InChI is InChI=1S/2C21H45P.2ClH/c2*1-4-7-10-13-16-19-22(20-17-14-11-8-5-2)21-18-15-12-9-6-3;;/h2*4-21H2,1-3H3;2*1H. The molecule has 0 atom stereocenters. The zero-order valence-corrected chi connectivity index (χ0v) is 36.6. The van der Waals surface area contributed by atoms with Gasteiger partial charge in [0.1, 0.15) is 0 Å². The Balaban J connectivity index is -0.000000367. The van der Waals surface area contributed by atoms with Crippen molar-refractivity contribution in [1.82, 2.24) is 0 Å². The van der Waals surface area contributed by atoms with Crippen LogP contribution in [-0.2, 0) is 0 Å². The third-order valence-corrected chi connectivity index (χ3v) is 15.2. The summed E-state index contributed by atoms with van der Waals surface area (Å²) in [6.45, 7) is 13.9. The van der Waals surface area contributed by atoms with Gasteiger partial charge in [0.05, 0.1) is 0 Å². The third kappa shape index (κ3) is 47.6. The van der Waals surface area contributed by atoms with Crippen LogP contribution in [0.5, 0.6) is 0 Å². The van der Waals surface area contributed by atoms with Crippen LogP contribution in [-0.4, -0.2) is 37.0 Å². The van der Waals surface area contributed by atoms with E-state index >= 15 is 0 Å². The summed E-state index contributed by atoms with van der Waals surface area (Å²) in [5.41, 5.74) is 0. The Morgan fingerprint density at radius 3 is 0.457 bits per heavy atom. The Hall–Kier alpha value is 1.44. The molecule has 0 bridgehead atoms. The molecule has 0 unspecified atom stereocenters. The van der Waals surface area contributed by atoms with Crippen molar-refractivity contribution < 1.29 is 0 Å². The van der Waals surface area contributed by atoms with Gasteiger partial charge in [-0.15, -0.1) is 40.7 Å². The molecule has 0 heterocycles. The molecular weight excluding hydrogens is 637 g/mol. The SMILES string of the molecule is CCCCCCCP(CCCCCCC)CCCCCCC.CCCCCCCP(CCCCCCC)CCCCCCC.Cl.Cl. The maximum Gasteiger partial charge on any atom is -0.0326 e. The first kappa shape index (κ1) is 54.2. The van der Waals surface area contributed by atoms with Crippen molar-refractivity contribution >= 4 is 40.7 Å². The topological polar surface area (TPSA) is 0 Å². The van der Waals surface area contributed by atoms with Crippen molar-refractivity contribution in [2.75, 3.05) is 37.0 Å². The molecule has 0 N–H and O–H groups in total. The van der Waals surface area contributed by atoms with E-state index in [1.165, 1.54) is 193 Å². The first-order chi connectivity index (χ1) is 21.7. The van der Waals surface area contributed by atoms with Gasteiger partial charge >= 0.3 is 0 Å². The summed E-state index contributed by atoms with van der Waals surface area (Å²) >= 11 is 0. The molecule has 0 aromatic heterocycles. The largest absolute Gasteiger partial charge is 0.147 e. The number of rotatable bonds is 36. The van der Waals surface area contributed by atoms with E-state index in [9.17, 15) is 0 Å². The number of halogens is 2. The summed E-state index contributed by atoms with van der Waals surface area (Å²) < 4.78 is 0. The van der Waals surface area contributed by atoms with Gasteiger partial charge in [-0.1, -0.05) is 196 Å². The van der Waals surface area contributed by atoms with E-state index in [1.807, 2.05) is 0 Å². The lowest BCUT2D eigenvalue weighted by molar-refractivity contribution is 0.646. The summed E-state index contributed by atoms with van der Waals surface area (Å²) in [5.74, 6) is 0. The van der Waals surface area contributed by atoms with Gasteiger partial charge in [-0.05, 0) is 75.5 Å². The molecule has 0 saturated carbocycles. The molecule has 4 heteroatoms. The van der Waals surface area contributed by atoms with E-state index in [1.54, 1.807) is 37.0 Å². The number of hydrogen-bond acceptors (Lipinski definition) is 0. The lowest BCUT2D eigenvalue weighted by atomic mass is 10.2. The molecule has 0 aliphatic rings. The third-order valence-electron chi connectivity index (χ3n) is 9.47. The van der Waals surface area contributed by atoms with E-state index in [0.29, 0.717) is 15.8 Å². The lowest BCUT2D eigenvalue weighted by Gasteiger charge is -2.18. The van der Waals surface area contributed by atoms with Gasteiger partial charge in [0, 0.05) is 0 Å². The molecule has 0 amide bonds. The molecule has 0 nitrogen and oxygen atoms in total. The highest BCUT2D eigenvalue weighted by Gasteiger charge is 2.09. The number of hydrogen-bond donors (Lipinski definition) is 0. The smallest absolute Gasteiger partial charge is 0.0326 e. The van der Waals surface area contributed by atoms with E-state index in [0.717, 1.165) is 0 Å². The van der Waals surface area contributed by atoms with E-state index in [4.69, 9.17) is 0 Å². The fraction of sp³-hybridized carbons (Fsp3) is 1.00. The summed E-state index contributed by atoms with van der Waals surface area (Å²) in [4.78, 5) is 0. The molecule has 0 radical (unpaired) electrons. The summed E-state index contributed by atoms with van der Waals surface area (Å²) in [6, 6.07) is 0. The summed E-state index contributed by atoms with van der Waals surface area (Å²) in [5, 5.41) is 0. The van der Waals surface area contributed by atoms with Crippen LogP contribution in [0.15, 0.2) is 0 Å². The summed E-state index contributed by atoms with van der Waals surface area (Å²) in [6.07, 6.45) is 53.5. The maximum atomic E-state index is 2.32. The van der Waals surface area contributed by atoms with Crippen molar-refractivity contribution in [3.05, 3.63) is 0 Å². The van der Waals surface area contributed by atoms with Crippen molar-refractivity contribution in [1.29, 1.82) is 0 Å². The van der Waals surface area contributed by atoms with Gasteiger partial charge in [-0.2, -0.15) is 0 Å². The molecule has 0 aliphatic carbocycles. The van der Waals surface area contributed by atoms with Crippen LogP contribution in [0, 0.1) is 0 Å². The molecule has 0 saturated heterocycles. The van der Waals surface area contributed by atoms with Crippen LogP contribution >= 0.6 is 40.7 Å². The molecule has 46 heavy (non-hydrogen) atoms. The Kier molecular flexibility index (Phi) is 59.9. The van der Waals surface area contributed by atoms with Gasteiger partial charge in [0.15, 0.2) is 0 Å². The normalized spacial score (nSPS) is 11.0. The van der Waals surface area contributed by atoms with Gasteiger partial charge in [0.25, 0.3) is 0 Å². The van der Waals surface area contributed by atoms with E-state index in [-0.39, 0.29) is 24.8 Å². The van der Waals surface area contributed by atoms with Crippen LogP contribution in [0.4, 0.5) is 0 Å². The second-order valence-electron chi connectivity index (χ2n) is 14.2. The Morgan fingerprint density at radius 1 is 0.196 bits per heavy atom. The molecule has 0 aromatic rings. The zero-order chi connectivity index (χ0) is 32.6. The molecule has 0 fully saturated rings.